The molecule has 134 valence electrons. The third-order valence-corrected chi connectivity index (χ3v) is 3.47. The molecular formula is C20H30O4. The van der Waals surface area contributed by atoms with Gasteiger partial charge in [0.1, 0.15) is 0 Å². The second kappa shape index (κ2) is 17.4. The molecule has 0 spiro atoms. The molecule has 0 unspecified atom stereocenters. The van der Waals surface area contributed by atoms with Crippen molar-refractivity contribution in [2.45, 2.75) is 77.0 Å². The highest BCUT2D eigenvalue weighted by Crippen LogP contribution is 2.08. The summed E-state index contributed by atoms with van der Waals surface area (Å²) in [7, 11) is 2.79. The van der Waals surface area contributed by atoms with Crippen LogP contribution in [-0.4, -0.2) is 26.2 Å². The molecule has 0 rings (SSSR count). The van der Waals surface area contributed by atoms with Crippen LogP contribution in [0.3, 0.4) is 0 Å². The standard InChI is InChI=1S/C20H30O4/c1-23-19(21)17-15-13-11-9-7-5-3-4-6-8-10-12-14-16-18-20(22)24-2/h3-10,15-18H2,1-2H3. The second-order valence-electron chi connectivity index (χ2n) is 5.48. The molecule has 0 N–H and O–H groups in total. The van der Waals surface area contributed by atoms with E-state index in [0.29, 0.717) is 25.7 Å². The van der Waals surface area contributed by atoms with Gasteiger partial charge in [0.05, 0.1) is 27.1 Å². The fourth-order valence-corrected chi connectivity index (χ4v) is 2.02. The van der Waals surface area contributed by atoms with Crippen molar-refractivity contribution in [3.05, 3.63) is 0 Å². The molecule has 0 bridgehead atoms. The van der Waals surface area contributed by atoms with E-state index in [1.54, 1.807) is 0 Å². The fourth-order valence-electron chi connectivity index (χ4n) is 2.02. The van der Waals surface area contributed by atoms with Crippen molar-refractivity contribution in [2.75, 3.05) is 14.2 Å². The van der Waals surface area contributed by atoms with Gasteiger partial charge in [0.25, 0.3) is 0 Å². The van der Waals surface area contributed by atoms with Gasteiger partial charge in [-0.25, -0.2) is 0 Å². The van der Waals surface area contributed by atoms with Gasteiger partial charge in [0, 0.05) is 25.7 Å². The molecule has 4 heteroatoms. The summed E-state index contributed by atoms with van der Waals surface area (Å²) in [6, 6.07) is 0. The van der Waals surface area contributed by atoms with E-state index < -0.39 is 0 Å². The summed E-state index contributed by atoms with van der Waals surface area (Å²) in [6.07, 6.45) is 10.9. The Morgan fingerprint density at radius 3 is 1.29 bits per heavy atom. The Morgan fingerprint density at radius 2 is 0.917 bits per heavy atom. The highest BCUT2D eigenvalue weighted by Gasteiger charge is 1.96. The van der Waals surface area contributed by atoms with E-state index in [1.807, 2.05) is 0 Å². The molecule has 0 aromatic heterocycles. The molecule has 0 saturated carbocycles. The maximum Gasteiger partial charge on any atom is 0.306 e. The van der Waals surface area contributed by atoms with E-state index in [1.165, 1.54) is 39.9 Å². The van der Waals surface area contributed by atoms with Crippen LogP contribution < -0.4 is 0 Å². The van der Waals surface area contributed by atoms with E-state index >= 15 is 0 Å². The van der Waals surface area contributed by atoms with Gasteiger partial charge in [0.15, 0.2) is 0 Å². The molecule has 0 radical (unpaired) electrons. The number of hydrogen-bond donors (Lipinski definition) is 0. The lowest BCUT2D eigenvalue weighted by Gasteiger charge is -1.98. The van der Waals surface area contributed by atoms with Crippen molar-refractivity contribution in [1.82, 2.24) is 0 Å². The Labute approximate surface area is 146 Å². The molecule has 0 aliphatic carbocycles. The highest BCUT2D eigenvalue weighted by molar-refractivity contribution is 5.69. The van der Waals surface area contributed by atoms with Gasteiger partial charge in [-0.3, -0.25) is 9.59 Å². The number of ether oxygens (including phenoxy) is 2. The van der Waals surface area contributed by atoms with Gasteiger partial charge in [-0.2, -0.15) is 0 Å². The lowest BCUT2D eigenvalue weighted by molar-refractivity contribution is -0.141. The van der Waals surface area contributed by atoms with Crippen LogP contribution in [0.25, 0.3) is 0 Å². The summed E-state index contributed by atoms with van der Waals surface area (Å²) in [6.45, 7) is 0. The van der Waals surface area contributed by atoms with E-state index in [-0.39, 0.29) is 11.9 Å². The van der Waals surface area contributed by atoms with Gasteiger partial charge < -0.3 is 9.47 Å². The minimum Gasteiger partial charge on any atom is -0.469 e. The van der Waals surface area contributed by atoms with Gasteiger partial charge in [-0.1, -0.05) is 25.7 Å². The monoisotopic (exact) mass is 334 g/mol. The van der Waals surface area contributed by atoms with Crippen LogP contribution in [0, 0.1) is 23.7 Å². The summed E-state index contributed by atoms with van der Waals surface area (Å²) >= 11 is 0. The first-order valence-corrected chi connectivity index (χ1v) is 8.75. The van der Waals surface area contributed by atoms with Crippen LogP contribution in [0.15, 0.2) is 0 Å². The number of hydrogen-bond acceptors (Lipinski definition) is 4. The molecule has 0 fully saturated rings. The van der Waals surface area contributed by atoms with Gasteiger partial charge in [-0.15, -0.1) is 23.7 Å². The van der Waals surface area contributed by atoms with E-state index in [9.17, 15) is 9.59 Å². The number of carbonyl (C=O) groups excluding carboxylic acids is 2. The van der Waals surface area contributed by atoms with Crippen LogP contribution in [0.1, 0.15) is 77.0 Å². The van der Waals surface area contributed by atoms with Crippen molar-refractivity contribution < 1.29 is 19.1 Å². The maximum absolute atomic E-state index is 10.9. The zero-order valence-electron chi connectivity index (χ0n) is 15.1. The average Bonchev–Trinajstić information content (AvgIpc) is 2.60. The predicted octanol–water partition coefficient (Wildman–Crippen LogP) is 4.02. The van der Waals surface area contributed by atoms with Gasteiger partial charge in [-0.05, 0) is 12.8 Å². The Bertz CT molecular complexity index is 416. The first-order chi connectivity index (χ1) is 11.7. The molecule has 0 heterocycles. The second-order valence-corrected chi connectivity index (χ2v) is 5.48. The smallest absolute Gasteiger partial charge is 0.306 e. The minimum atomic E-state index is -0.197. The maximum atomic E-state index is 10.9. The Hall–Kier alpha value is -1.94. The summed E-state index contributed by atoms with van der Waals surface area (Å²) in [5.41, 5.74) is 0. The quantitative estimate of drug-likeness (QED) is 0.325. The van der Waals surface area contributed by atoms with Crippen LogP contribution in [0.5, 0.6) is 0 Å². The lowest BCUT2D eigenvalue weighted by Crippen LogP contribution is -1.98. The van der Waals surface area contributed by atoms with Crippen molar-refractivity contribution in [1.29, 1.82) is 0 Å². The average molecular weight is 334 g/mol. The van der Waals surface area contributed by atoms with E-state index in [4.69, 9.17) is 0 Å². The number of carbonyl (C=O) groups is 2. The van der Waals surface area contributed by atoms with Crippen LogP contribution >= 0.6 is 0 Å². The summed E-state index contributed by atoms with van der Waals surface area (Å²) in [5, 5.41) is 0. The first kappa shape index (κ1) is 22.1. The van der Waals surface area contributed by atoms with Crippen LogP contribution in [-0.2, 0) is 19.1 Å². The molecule has 0 atom stereocenters. The molecule has 0 aromatic carbocycles. The Morgan fingerprint density at radius 1 is 0.583 bits per heavy atom. The minimum absolute atomic E-state index is 0.197. The summed E-state index contributed by atoms with van der Waals surface area (Å²) < 4.78 is 9.10. The molecule has 24 heavy (non-hydrogen) atoms. The summed E-state index contributed by atoms with van der Waals surface area (Å²) in [5.74, 6) is 11.8. The molecule has 0 aliphatic rings. The SMILES string of the molecule is COC(=O)CCC#CCCCCCCCCC#CCCC(=O)OC. The molecule has 0 saturated heterocycles. The number of unbranched alkanes of at least 4 members (excludes halogenated alkanes) is 7. The predicted molar refractivity (Wildman–Crippen MR) is 95.0 cm³/mol. The fraction of sp³-hybridized carbons (Fsp3) is 0.700. The Balaban J connectivity index is 3.29. The zero-order valence-corrected chi connectivity index (χ0v) is 15.1. The van der Waals surface area contributed by atoms with Crippen molar-refractivity contribution in [3.63, 3.8) is 0 Å². The normalized spacial score (nSPS) is 9.25. The Kier molecular flexibility index (Phi) is 16.0. The largest absolute Gasteiger partial charge is 0.469 e. The summed E-state index contributed by atoms with van der Waals surface area (Å²) in [4.78, 5) is 21.7. The van der Waals surface area contributed by atoms with Gasteiger partial charge >= 0.3 is 11.9 Å². The van der Waals surface area contributed by atoms with Crippen molar-refractivity contribution >= 4 is 11.9 Å². The first-order valence-electron chi connectivity index (χ1n) is 8.75. The van der Waals surface area contributed by atoms with Gasteiger partial charge in [0.2, 0.25) is 0 Å². The molecule has 4 nitrogen and oxygen atoms in total. The zero-order chi connectivity index (χ0) is 17.9. The lowest BCUT2D eigenvalue weighted by atomic mass is 10.1. The number of esters is 2. The molecule has 0 aliphatic heterocycles. The third-order valence-electron chi connectivity index (χ3n) is 3.47. The van der Waals surface area contributed by atoms with Crippen molar-refractivity contribution in [3.8, 4) is 23.7 Å². The number of methoxy groups -OCH3 is 2. The third kappa shape index (κ3) is 16.4. The van der Waals surface area contributed by atoms with E-state index in [2.05, 4.69) is 33.2 Å². The molecular weight excluding hydrogens is 304 g/mol. The van der Waals surface area contributed by atoms with E-state index in [0.717, 1.165) is 25.7 Å². The molecule has 0 aromatic rings. The number of rotatable bonds is 11. The molecule has 0 amide bonds. The topological polar surface area (TPSA) is 52.6 Å². The van der Waals surface area contributed by atoms with Crippen molar-refractivity contribution in [2.24, 2.45) is 0 Å². The highest BCUT2D eigenvalue weighted by atomic mass is 16.5. The van der Waals surface area contributed by atoms with Crippen LogP contribution in [0.2, 0.25) is 0 Å². The van der Waals surface area contributed by atoms with Crippen LogP contribution in [0.4, 0.5) is 0 Å².